The van der Waals surface area contributed by atoms with Gasteiger partial charge >= 0.3 is 0 Å². The number of methoxy groups -OCH3 is 1. The average Bonchev–Trinajstić information content (AvgIpc) is 2.34. The first-order valence-corrected chi connectivity index (χ1v) is 6.26. The van der Waals surface area contributed by atoms with Crippen LogP contribution in [0.25, 0.3) is 0 Å². The van der Waals surface area contributed by atoms with Gasteiger partial charge in [-0.1, -0.05) is 26.7 Å². The zero-order valence-electron chi connectivity index (χ0n) is 11.5. The summed E-state index contributed by atoms with van der Waals surface area (Å²) in [5.74, 6) is 0.107. The van der Waals surface area contributed by atoms with E-state index >= 15 is 0 Å². The third-order valence-corrected chi connectivity index (χ3v) is 3.11. The highest BCUT2D eigenvalue weighted by Crippen LogP contribution is 2.12. The number of hydrogen-bond acceptors (Lipinski definition) is 4. The molecule has 18 heavy (non-hydrogen) atoms. The fraction of sp³-hybridized carbons (Fsp3) is 0.917. The summed E-state index contributed by atoms with van der Waals surface area (Å²) in [5.41, 5.74) is 5.42. The Morgan fingerprint density at radius 1 is 1.39 bits per heavy atom. The van der Waals surface area contributed by atoms with Gasteiger partial charge in [-0.3, -0.25) is 4.79 Å². The molecule has 0 aliphatic heterocycles. The number of nitrogens with two attached hydrogens (primary N) is 1. The van der Waals surface area contributed by atoms with E-state index in [1.807, 2.05) is 13.8 Å². The lowest BCUT2D eigenvalue weighted by molar-refractivity contribution is -0.124. The number of aliphatic hydroxyl groups is 1. The first-order valence-electron chi connectivity index (χ1n) is 6.26. The van der Waals surface area contributed by atoms with E-state index in [1.54, 1.807) is 0 Å². The fourth-order valence-corrected chi connectivity index (χ4v) is 1.76. The van der Waals surface area contributed by atoms with Crippen molar-refractivity contribution in [3.63, 3.8) is 0 Å². The van der Waals surface area contributed by atoms with E-state index in [9.17, 15) is 9.90 Å². The van der Waals surface area contributed by atoms with Gasteiger partial charge in [-0.15, -0.1) is 12.4 Å². The normalized spacial score (nSPS) is 13.9. The van der Waals surface area contributed by atoms with Gasteiger partial charge < -0.3 is 20.9 Å². The minimum atomic E-state index is -0.479. The van der Waals surface area contributed by atoms with Gasteiger partial charge in [-0.25, -0.2) is 0 Å². The summed E-state index contributed by atoms with van der Waals surface area (Å²) in [6, 6.07) is 0. The number of amides is 1. The van der Waals surface area contributed by atoms with Gasteiger partial charge in [0.2, 0.25) is 5.91 Å². The minimum Gasteiger partial charge on any atom is -0.391 e. The predicted octanol–water partition coefficient (Wildman–Crippen LogP) is 0.685. The molecule has 0 fully saturated rings. The Balaban J connectivity index is 0. The molecule has 6 heteroatoms. The lowest BCUT2D eigenvalue weighted by atomic mass is 9.96. The molecular weight excluding hydrogens is 256 g/mol. The SMILES string of the molecule is CCC(CC)C(O)CNC(=O)CC(CN)OC.Cl. The molecule has 5 nitrogen and oxygen atoms in total. The average molecular weight is 283 g/mol. The van der Waals surface area contributed by atoms with Gasteiger partial charge in [0, 0.05) is 20.2 Å². The molecule has 0 aromatic carbocycles. The summed E-state index contributed by atoms with van der Waals surface area (Å²) < 4.78 is 5.02. The lowest BCUT2D eigenvalue weighted by Crippen LogP contribution is -2.38. The van der Waals surface area contributed by atoms with Crippen LogP contribution in [0.1, 0.15) is 33.1 Å². The zero-order chi connectivity index (χ0) is 13.3. The Bertz CT molecular complexity index is 209. The molecule has 0 radical (unpaired) electrons. The molecular formula is C12H27ClN2O3. The van der Waals surface area contributed by atoms with Gasteiger partial charge in [0.25, 0.3) is 0 Å². The van der Waals surface area contributed by atoms with Gasteiger partial charge in [0.1, 0.15) is 0 Å². The van der Waals surface area contributed by atoms with Crippen LogP contribution in [0.2, 0.25) is 0 Å². The van der Waals surface area contributed by atoms with Crippen molar-refractivity contribution >= 4 is 18.3 Å². The molecule has 1 amide bonds. The highest BCUT2D eigenvalue weighted by atomic mass is 35.5. The van der Waals surface area contributed by atoms with Crippen LogP contribution >= 0.6 is 12.4 Å². The minimum absolute atomic E-state index is 0. The molecule has 0 rings (SSSR count). The molecule has 0 saturated carbocycles. The number of halogens is 1. The Labute approximate surface area is 116 Å². The number of nitrogens with one attached hydrogen (secondary N) is 1. The molecule has 0 aliphatic rings. The molecule has 0 bridgehead atoms. The number of ether oxygens (including phenoxy) is 1. The largest absolute Gasteiger partial charge is 0.391 e. The summed E-state index contributed by atoms with van der Waals surface area (Å²) in [5, 5.41) is 12.5. The Morgan fingerprint density at radius 2 is 1.94 bits per heavy atom. The van der Waals surface area contributed by atoms with Gasteiger partial charge in [0.05, 0.1) is 18.6 Å². The second-order valence-electron chi connectivity index (χ2n) is 4.25. The van der Waals surface area contributed by atoms with Crippen molar-refractivity contribution < 1.29 is 14.6 Å². The van der Waals surface area contributed by atoms with Crippen molar-refractivity contribution in [3.05, 3.63) is 0 Å². The van der Waals surface area contributed by atoms with Gasteiger partial charge in [-0.2, -0.15) is 0 Å². The van der Waals surface area contributed by atoms with Crippen molar-refractivity contribution in [2.45, 2.75) is 45.3 Å². The van der Waals surface area contributed by atoms with Crippen LogP contribution in [0.15, 0.2) is 0 Å². The summed E-state index contributed by atoms with van der Waals surface area (Å²) in [7, 11) is 1.53. The smallest absolute Gasteiger partial charge is 0.222 e. The summed E-state index contributed by atoms with van der Waals surface area (Å²) >= 11 is 0. The first kappa shape index (κ1) is 20.0. The van der Waals surface area contributed by atoms with Crippen molar-refractivity contribution in [2.24, 2.45) is 11.7 Å². The lowest BCUT2D eigenvalue weighted by Gasteiger charge is -2.21. The van der Waals surface area contributed by atoms with Crippen molar-refractivity contribution in [1.29, 1.82) is 0 Å². The molecule has 0 aliphatic carbocycles. The van der Waals surface area contributed by atoms with Crippen LogP contribution in [0.4, 0.5) is 0 Å². The van der Waals surface area contributed by atoms with Crippen LogP contribution < -0.4 is 11.1 Å². The molecule has 0 spiro atoms. The topological polar surface area (TPSA) is 84.6 Å². The quantitative estimate of drug-likeness (QED) is 0.581. The van der Waals surface area contributed by atoms with E-state index in [0.29, 0.717) is 13.1 Å². The van der Waals surface area contributed by atoms with E-state index in [2.05, 4.69) is 5.32 Å². The van der Waals surface area contributed by atoms with Gasteiger partial charge in [-0.05, 0) is 5.92 Å². The highest BCUT2D eigenvalue weighted by Gasteiger charge is 2.17. The van der Waals surface area contributed by atoms with Crippen LogP contribution in [-0.2, 0) is 9.53 Å². The number of carbonyl (C=O) groups excluding carboxylic acids is 1. The van der Waals surface area contributed by atoms with Crippen LogP contribution in [0.5, 0.6) is 0 Å². The van der Waals surface area contributed by atoms with E-state index in [4.69, 9.17) is 10.5 Å². The third-order valence-electron chi connectivity index (χ3n) is 3.11. The second kappa shape index (κ2) is 11.7. The van der Waals surface area contributed by atoms with E-state index in [-0.39, 0.29) is 36.8 Å². The van der Waals surface area contributed by atoms with E-state index in [0.717, 1.165) is 12.8 Å². The fourth-order valence-electron chi connectivity index (χ4n) is 1.76. The maximum absolute atomic E-state index is 11.5. The van der Waals surface area contributed by atoms with Crippen molar-refractivity contribution in [2.75, 3.05) is 20.2 Å². The summed E-state index contributed by atoms with van der Waals surface area (Å²) in [6.07, 6.45) is 1.34. The number of carbonyl (C=O) groups is 1. The maximum Gasteiger partial charge on any atom is 0.222 e. The molecule has 0 aromatic rings. The molecule has 4 N–H and O–H groups in total. The van der Waals surface area contributed by atoms with Gasteiger partial charge in [0.15, 0.2) is 0 Å². The predicted molar refractivity (Wildman–Crippen MR) is 74.8 cm³/mol. The monoisotopic (exact) mass is 282 g/mol. The standard InChI is InChI=1S/C12H26N2O3.ClH/c1-4-9(5-2)11(15)8-14-12(16)6-10(7-13)17-3;/h9-11,15H,4-8,13H2,1-3H3,(H,14,16);1H. The van der Waals surface area contributed by atoms with Crippen molar-refractivity contribution in [1.82, 2.24) is 5.32 Å². The Hall–Kier alpha value is -0.360. The highest BCUT2D eigenvalue weighted by molar-refractivity contribution is 5.85. The maximum atomic E-state index is 11.5. The zero-order valence-corrected chi connectivity index (χ0v) is 12.3. The number of hydrogen-bond donors (Lipinski definition) is 3. The Morgan fingerprint density at radius 3 is 2.33 bits per heavy atom. The van der Waals surface area contributed by atoms with E-state index in [1.165, 1.54) is 7.11 Å². The van der Waals surface area contributed by atoms with Crippen LogP contribution in [0, 0.1) is 5.92 Å². The molecule has 0 saturated heterocycles. The van der Waals surface area contributed by atoms with E-state index < -0.39 is 6.10 Å². The second-order valence-corrected chi connectivity index (χ2v) is 4.25. The molecule has 2 atom stereocenters. The molecule has 0 heterocycles. The number of aliphatic hydroxyl groups excluding tert-OH is 1. The van der Waals surface area contributed by atoms with Crippen molar-refractivity contribution in [3.8, 4) is 0 Å². The molecule has 110 valence electrons. The molecule has 2 unspecified atom stereocenters. The summed E-state index contributed by atoms with van der Waals surface area (Å²) in [6.45, 7) is 4.69. The number of rotatable bonds is 9. The molecule has 0 aromatic heterocycles. The Kier molecular flexibility index (Phi) is 13.0. The van der Waals surface area contributed by atoms with Crippen LogP contribution in [0.3, 0.4) is 0 Å². The first-order chi connectivity index (χ1) is 8.08. The summed E-state index contributed by atoms with van der Waals surface area (Å²) in [4.78, 5) is 11.5. The van der Waals surface area contributed by atoms with Crippen LogP contribution in [-0.4, -0.2) is 43.4 Å². The third kappa shape index (κ3) is 7.87.